The van der Waals surface area contributed by atoms with Crippen molar-refractivity contribution in [3.63, 3.8) is 0 Å². The molecule has 0 saturated carbocycles. The van der Waals surface area contributed by atoms with E-state index in [2.05, 4.69) is 50.0 Å². The van der Waals surface area contributed by atoms with Crippen molar-refractivity contribution in [1.29, 1.82) is 0 Å². The minimum absolute atomic E-state index is 0.497. The van der Waals surface area contributed by atoms with Crippen LogP contribution in [0.25, 0.3) is 0 Å². The SMILES string of the molecule is COc1ccc(CCNCCCS)cc1C(C)C. The van der Waals surface area contributed by atoms with Crippen molar-refractivity contribution < 1.29 is 4.74 Å². The molecule has 0 bridgehead atoms. The summed E-state index contributed by atoms with van der Waals surface area (Å²) in [6.07, 6.45) is 2.19. The molecule has 1 aromatic rings. The molecule has 0 heterocycles. The second kappa shape index (κ2) is 8.44. The number of methoxy groups -OCH3 is 1. The first-order chi connectivity index (χ1) is 8.69. The molecule has 0 spiro atoms. The standard InChI is InChI=1S/C15H25NOS/c1-12(2)14-11-13(5-6-15(14)17-3)7-9-16-8-4-10-18/h5-6,11-12,16,18H,4,7-10H2,1-3H3. The van der Waals surface area contributed by atoms with Crippen LogP contribution in [-0.2, 0) is 6.42 Å². The van der Waals surface area contributed by atoms with Gasteiger partial charge in [-0.1, -0.05) is 26.0 Å². The first kappa shape index (κ1) is 15.4. The van der Waals surface area contributed by atoms with Crippen LogP contribution in [-0.4, -0.2) is 26.0 Å². The number of rotatable bonds is 8. The Morgan fingerprint density at radius 1 is 1.28 bits per heavy atom. The number of hydrogen-bond donors (Lipinski definition) is 2. The van der Waals surface area contributed by atoms with Crippen LogP contribution in [0.1, 0.15) is 37.3 Å². The summed E-state index contributed by atoms with van der Waals surface area (Å²) in [4.78, 5) is 0. The Balaban J connectivity index is 2.53. The van der Waals surface area contributed by atoms with E-state index >= 15 is 0 Å². The number of hydrogen-bond acceptors (Lipinski definition) is 3. The second-order valence-corrected chi connectivity index (χ2v) is 5.26. The molecule has 0 fully saturated rings. The molecule has 0 saturated heterocycles. The fourth-order valence-corrected chi connectivity index (χ4v) is 2.11. The predicted octanol–water partition coefficient (Wildman–Crippen LogP) is 3.27. The molecular weight excluding hydrogens is 242 g/mol. The minimum Gasteiger partial charge on any atom is -0.496 e. The maximum absolute atomic E-state index is 5.40. The molecular formula is C15H25NOS. The molecule has 0 aliphatic carbocycles. The minimum atomic E-state index is 0.497. The highest BCUT2D eigenvalue weighted by atomic mass is 32.1. The van der Waals surface area contributed by atoms with Gasteiger partial charge in [0.15, 0.2) is 0 Å². The third-order valence-corrected chi connectivity index (χ3v) is 3.33. The van der Waals surface area contributed by atoms with Crippen LogP contribution in [0.5, 0.6) is 5.75 Å². The number of thiol groups is 1. The van der Waals surface area contributed by atoms with Crippen LogP contribution in [0, 0.1) is 0 Å². The van der Waals surface area contributed by atoms with E-state index in [1.165, 1.54) is 11.1 Å². The maximum atomic E-state index is 5.40. The molecule has 0 aliphatic rings. The van der Waals surface area contributed by atoms with Gasteiger partial charge in [0.2, 0.25) is 0 Å². The largest absolute Gasteiger partial charge is 0.496 e. The summed E-state index contributed by atoms with van der Waals surface area (Å²) in [6.45, 7) is 6.48. The Bertz CT molecular complexity index is 352. The summed E-state index contributed by atoms with van der Waals surface area (Å²) in [5, 5.41) is 3.43. The molecule has 1 N–H and O–H groups in total. The average Bonchev–Trinajstić information content (AvgIpc) is 2.38. The molecule has 0 aliphatic heterocycles. The number of nitrogens with one attached hydrogen (secondary N) is 1. The first-order valence-electron chi connectivity index (χ1n) is 6.67. The van der Waals surface area contributed by atoms with Gasteiger partial charge in [0.25, 0.3) is 0 Å². The van der Waals surface area contributed by atoms with E-state index in [1.54, 1.807) is 7.11 Å². The Hall–Kier alpha value is -0.670. The lowest BCUT2D eigenvalue weighted by atomic mass is 9.98. The molecule has 3 heteroatoms. The molecule has 18 heavy (non-hydrogen) atoms. The monoisotopic (exact) mass is 267 g/mol. The topological polar surface area (TPSA) is 21.3 Å². The summed E-state index contributed by atoms with van der Waals surface area (Å²) < 4.78 is 5.40. The normalized spacial score (nSPS) is 10.9. The fraction of sp³-hybridized carbons (Fsp3) is 0.600. The van der Waals surface area contributed by atoms with Crippen molar-refractivity contribution in [2.45, 2.75) is 32.6 Å². The fourth-order valence-electron chi connectivity index (χ4n) is 1.95. The van der Waals surface area contributed by atoms with Crippen LogP contribution in [0.4, 0.5) is 0 Å². The van der Waals surface area contributed by atoms with Gasteiger partial charge in [-0.15, -0.1) is 0 Å². The van der Waals surface area contributed by atoms with Gasteiger partial charge in [0.05, 0.1) is 7.11 Å². The molecule has 0 radical (unpaired) electrons. The van der Waals surface area contributed by atoms with E-state index in [9.17, 15) is 0 Å². The lowest BCUT2D eigenvalue weighted by molar-refractivity contribution is 0.407. The van der Waals surface area contributed by atoms with Crippen molar-refractivity contribution >= 4 is 12.6 Å². The van der Waals surface area contributed by atoms with E-state index in [4.69, 9.17) is 4.74 Å². The van der Waals surface area contributed by atoms with Crippen LogP contribution in [0.2, 0.25) is 0 Å². The highest BCUT2D eigenvalue weighted by Crippen LogP contribution is 2.27. The first-order valence-corrected chi connectivity index (χ1v) is 7.30. The molecule has 0 aromatic heterocycles. The van der Waals surface area contributed by atoms with Gasteiger partial charge >= 0.3 is 0 Å². The van der Waals surface area contributed by atoms with E-state index < -0.39 is 0 Å². The molecule has 1 rings (SSSR count). The summed E-state index contributed by atoms with van der Waals surface area (Å²) >= 11 is 4.20. The molecule has 0 amide bonds. The van der Waals surface area contributed by atoms with E-state index in [1.807, 2.05) is 0 Å². The molecule has 2 nitrogen and oxygen atoms in total. The summed E-state index contributed by atoms with van der Waals surface area (Å²) in [5.74, 6) is 2.45. The van der Waals surface area contributed by atoms with Crippen LogP contribution < -0.4 is 10.1 Å². The Morgan fingerprint density at radius 3 is 2.67 bits per heavy atom. The third-order valence-electron chi connectivity index (χ3n) is 3.02. The Labute approximate surface area is 117 Å². The van der Waals surface area contributed by atoms with E-state index in [-0.39, 0.29) is 0 Å². The smallest absolute Gasteiger partial charge is 0.122 e. The van der Waals surface area contributed by atoms with Crippen molar-refractivity contribution in [3.8, 4) is 5.75 Å². The summed E-state index contributed by atoms with van der Waals surface area (Å²) in [6, 6.07) is 6.51. The number of benzene rings is 1. The molecule has 0 atom stereocenters. The van der Waals surface area contributed by atoms with Gasteiger partial charge in [-0.05, 0) is 54.8 Å². The average molecular weight is 267 g/mol. The zero-order valence-corrected chi connectivity index (χ0v) is 12.6. The second-order valence-electron chi connectivity index (χ2n) is 4.81. The zero-order chi connectivity index (χ0) is 13.4. The maximum Gasteiger partial charge on any atom is 0.122 e. The Morgan fingerprint density at radius 2 is 2.06 bits per heavy atom. The summed E-state index contributed by atoms with van der Waals surface area (Å²) in [7, 11) is 1.74. The Kier molecular flexibility index (Phi) is 7.21. The van der Waals surface area contributed by atoms with Gasteiger partial charge in [-0.2, -0.15) is 12.6 Å². The lowest BCUT2D eigenvalue weighted by Crippen LogP contribution is -2.18. The number of ether oxygens (including phenoxy) is 1. The van der Waals surface area contributed by atoms with Crippen molar-refractivity contribution in [3.05, 3.63) is 29.3 Å². The van der Waals surface area contributed by atoms with Gasteiger partial charge in [-0.3, -0.25) is 0 Å². The third kappa shape index (κ3) is 4.91. The van der Waals surface area contributed by atoms with Crippen molar-refractivity contribution in [2.75, 3.05) is 26.0 Å². The highest BCUT2D eigenvalue weighted by molar-refractivity contribution is 7.80. The predicted molar refractivity (Wildman–Crippen MR) is 82.1 cm³/mol. The van der Waals surface area contributed by atoms with Gasteiger partial charge in [-0.25, -0.2) is 0 Å². The van der Waals surface area contributed by atoms with Crippen molar-refractivity contribution in [2.24, 2.45) is 0 Å². The molecule has 102 valence electrons. The quantitative estimate of drug-likeness (QED) is 0.557. The summed E-state index contributed by atoms with van der Waals surface area (Å²) in [5.41, 5.74) is 2.67. The zero-order valence-electron chi connectivity index (χ0n) is 11.7. The van der Waals surface area contributed by atoms with Crippen LogP contribution in [0.3, 0.4) is 0 Å². The van der Waals surface area contributed by atoms with Gasteiger partial charge < -0.3 is 10.1 Å². The molecule has 0 unspecified atom stereocenters. The van der Waals surface area contributed by atoms with Gasteiger partial charge in [0.1, 0.15) is 5.75 Å². The molecule has 1 aromatic carbocycles. The van der Waals surface area contributed by atoms with Crippen LogP contribution >= 0.6 is 12.6 Å². The van der Waals surface area contributed by atoms with Crippen molar-refractivity contribution in [1.82, 2.24) is 5.32 Å². The lowest BCUT2D eigenvalue weighted by Gasteiger charge is -2.13. The van der Waals surface area contributed by atoms with E-state index in [0.29, 0.717) is 5.92 Å². The van der Waals surface area contributed by atoms with Crippen LogP contribution in [0.15, 0.2) is 18.2 Å². The highest BCUT2D eigenvalue weighted by Gasteiger charge is 2.07. The van der Waals surface area contributed by atoms with E-state index in [0.717, 1.165) is 37.4 Å². The van der Waals surface area contributed by atoms with Gasteiger partial charge in [0, 0.05) is 0 Å².